The van der Waals surface area contributed by atoms with Crippen LogP contribution in [0.4, 0.5) is 0 Å². The Morgan fingerprint density at radius 2 is 1.61 bits per heavy atom. The predicted octanol–water partition coefficient (Wildman–Crippen LogP) is 4.95. The number of rotatable bonds is 3. The minimum atomic E-state index is -1.17. The number of hydrogen-bond donors (Lipinski definition) is 0. The van der Waals surface area contributed by atoms with Gasteiger partial charge in [0, 0.05) is 5.92 Å². The molecule has 18 heavy (non-hydrogen) atoms. The molecule has 0 amide bonds. The van der Waals surface area contributed by atoms with Crippen molar-refractivity contribution in [2.24, 2.45) is 5.92 Å². The number of hydrogen-bond acceptors (Lipinski definition) is 0. The Balaban J connectivity index is 2.30. The molecule has 0 saturated carbocycles. The van der Waals surface area contributed by atoms with E-state index in [9.17, 15) is 0 Å². The molecular formula is C17H24Si. The summed E-state index contributed by atoms with van der Waals surface area (Å²) in [5.74, 6) is 0.529. The summed E-state index contributed by atoms with van der Waals surface area (Å²) in [4.78, 5) is 0. The first kappa shape index (κ1) is 13.4. The molecule has 0 bridgehead atoms. The van der Waals surface area contributed by atoms with Gasteiger partial charge in [0.2, 0.25) is 0 Å². The molecule has 0 radical (unpaired) electrons. The van der Waals surface area contributed by atoms with Crippen molar-refractivity contribution in [3.63, 3.8) is 0 Å². The van der Waals surface area contributed by atoms with Crippen LogP contribution in [-0.4, -0.2) is 8.07 Å². The van der Waals surface area contributed by atoms with Gasteiger partial charge < -0.3 is 0 Å². The molecule has 1 aromatic rings. The van der Waals surface area contributed by atoms with E-state index in [0.29, 0.717) is 5.92 Å². The first-order valence-electron chi connectivity index (χ1n) is 6.78. The largest absolute Gasteiger partial charge is 0.0775 e. The van der Waals surface area contributed by atoms with Crippen LogP contribution in [-0.2, 0) is 5.41 Å². The second-order valence-electron chi connectivity index (χ2n) is 6.84. The molecule has 1 atom stereocenters. The van der Waals surface area contributed by atoms with Gasteiger partial charge in [-0.1, -0.05) is 87.2 Å². The van der Waals surface area contributed by atoms with Crippen molar-refractivity contribution in [2.45, 2.75) is 38.9 Å². The highest BCUT2D eigenvalue weighted by Gasteiger charge is 2.32. The van der Waals surface area contributed by atoms with Crippen LogP contribution < -0.4 is 0 Å². The summed E-state index contributed by atoms with van der Waals surface area (Å²) in [6, 6.07) is 10.9. The van der Waals surface area contributed by atoms with Crippen LogP contribution in [0.5, 0.6) is 0 Å². The van der Waals surface area contributed by atoms with E-state index in [2.05, 4.69) is 82.0 Å². The molecule has 1 aliphatic rings. The lowest BCUT2D eigenvalue weighted by Crippen LogP contribution is -2.26. The lowest BCUT2D eigenvalue weighted by Gasteiger charge is -2.30. The Hall–Kier alpha value is -1.08. The molecule has 96 valence electrons. The van der Waals surface area contributed by atoms with Gasteiger partial charge in [0.1, 0.15) is 0 Å². The molecule has 0 saturated heterocycles. The molecule has 0 spiro atoms. The molecular weight excluding hydrogens is 232 g/mol. The highest BCUT2D eigenvalue weighted by molar-refractivity contribution is 6.83. The fraction of sp³-hybridized carbons (Fsp3) is 0.412. The molecule has 0 nitrogen and oxygen atoms in total. The second-order valence-corrected chi connectivity index (χ2v) is 11.9. The zero-order chi connectivity index (χ0) is 13.4. The van der Waals surface area contributed by atoms with Crippen molar-refractivity contribution in [3.8, 4) is 0 Å². The normalized spacial score (nSPS) is 20.1. The topological polar surface area (TPSA) is 0 Å². The van der Waals surface area contributed by atoms with Gasteiger partial charge in [-0.2, -0.15) is 0 Å². The second kappa shape index (κ2) is 4.54. The summed E-state index contributed by atoms with van der Waals surface area (Å²) in [5.41, 5.74) is 1.60. The highest BCUT2D eigenvalue weighted by Crippen LogP contribution is 2.38. The maximum atomic E-state index is 2.50. The molecule has 2 rings (SSSR count). The first-order chi connectivity index (χ1) is 8.32. The summed E-state index contributed by atoms with van der Waals surface area (Å²) in [7, 11) is -1.17. The van der Waals surface area contributed by atoms with E-state index < -0.39 is 8.07 Å². The van der Waals surface area contributed by atoms with E-state index in [1.165, 1.54) is 5.56 Å². The number of benzene rings is 1. The van der Waals surface area contributed by atoms with E-state index in [1.54, 1.807) is 5.20 Å². The molecule has 1 heteroatoms. The van der Waals surface area contributed by atoms with Crippen LogP contribution >= 0.6 is 0 Å². The van der Waals surface area contributed by atoms with Crippen molar-refractivity contribution < 1.29 is 0 Å². The van der Waals surface area contributed by atoms with E-state index in [0.717, 1.165) is 0 Å². The van der Waals surface area contributed by atoms with Gasteiger partial charge in [-0.3, -0.25) is 0 Å². The predicted molar refractivity (Wildman–Crippen MR) is 83.5 cm³/mol. The van der Waals surface area contributed by atoms with E-state index in [1.807, 2.05) is 0 Å². The van der Waals surface area contributed by atoms with E-state index in [4.69, 9.17) is 0 Å². The van der Waals surface area contributed by atoms with Crippen LogP contribution in [0.3, 0.4) is 0 Å². The van der Waals surface area contributed by atoms with Crippen molar-refractivity contribution in [1.82, 2.24) is 0 Å². The Bertz CT molecular complexity index is 472. The smallest absolute Gasteiger partial charge is 0.0771 e. The maximum Gasteiger partial charge on any atom is 0.0771 e. The van der Waals surface area contributed by atoms with Crippen LogP contribution in [0.25, 0.3) is 0 Å². The average molecular weight is 256 g/mol. The molecule has 0 heterocycles. The van der Waals surface area contributed by atoms with Crippen LogP contribution in [0.2, 0.25) is 19.6 Å². The Labute approximate surface area is 112 Å². The number of allylic oxidation sites excluding steroid dienone is 4. The molecule has 0 fully saturated rings. The van der Waals surface area contributed by atoms with E-state index in [-0.39, 0.29) is 5.41 Å². The standard InChI is InChI=1S/C17H24Si/c1-17(2,14-9-7-6-8-10-14)15-11-12-16(13-15)18(3,4)5/h6-13,15H,1-5H3. The minimum Gasteiger partial charge on any atom is -0.0775 e. The summed E-state index contributed by atoms with van der Waals surface area (Å²) < 4.78 is 0. The van der Waals surface area contributed by atoms with Gasteiger partial charge in [-0.15, -0.1) is 0 Å². The molecule has 0 aromatic heterocycles. The molecule has 1 unspecified atom stereocenters. The molecule has 1 aliphatic carbocycles. The molecule has 0 N–H and O–H groups in total. The third-order valence-corrected chi connectivity index (χ3v) is 6.12. The van der Waals surface area contributed by atoms with Crippen molar-refractivity contribution in [1.29, 1.82) is 0 Å². The fourth-order valence-corrected chi connectivity index (χ4v) is 3.80. The zero-order valence-corrected chi connectivity index (χ0v) is 13.2. The fourth-order valence-electron chi connectivity index (χ4n) is 2.52. The van der Waals surface area contributed by atoms with Gasteiger partial charge in [0.05, 0.1) is 8.07 Å². The van der Waals surface area contributed by atoms with Gasteiger partial charge in [-0.25, -0.2) is 0 Å². The quantitative estimate of drug-likeness (QED) is 0.671. The van der Waals surface area contributed by atoms with Crippen molar-refractivity contribution in [3.05, 3.63) is 59.3 Å². The third kappa shape index (κ3) is 2.51. The van der Waals surface area contributed by atoms with Crippen molar-refractivity contribution >= 4 is 8.07 Å². The van der Waals surface area contributed by atoms with Gasteiger partial charge >= 0.3 is 0 Å². The van der Waals surface area contributed by atoms with Gasteiger partial charge in [0.25, 0.3) is 0 Å². The summed E-state index contributed by atoms with van der Waals surface area (Å²) in [5, 5.41) is 1.59. The monoisotopic (exact) mass is 256 g/mol. The molecule has 0 aliphatic heterocycles. The zero-order valence-electron chi connectivity index (χ0n) is 12.2. The summed E-state index contributed by atoms with van der Waals surface area (Å²) in [6.45, 7) is 11.9. The molecule has 1 aromatic carbocycles. The highest BCUT2D eigenvalue weighted by atomic mass is 28.3. The van der Waals surface area contributed by atoms with Gasteiger partial charge in [-0.05, 0) is 11.0 Å². The maximum absolute atomic E-state index is 2.50. The first-order valence-corrected chi connectivity index (χ1v) is 10.3. The SMILES string of the molecule is CC(C)(c1ccccc1)C1C=CC([Si](C)(C)C)=C1. The van der Waals surface area contributed by atoms with Crippen LogP contribution in [0.1, 0.15) is 19.4 Å². The van der Waals surface area contributed by atoms with Crippen LogP contribution in [0, 0.1) is 5.92 Å². The lowest BCUT2D eigenvalue weighted by atomic mass is 9.74. The minimum absolute atomic E-state index is 0.180. The Morgan fingerprint density at radius 1 is 1.00 bits per heavy atom. The third-order valence-electron chi connectivity index (χ3n) is 4.06. The summed E-state index contributed by atoms with van der Waals surface area (Å²) >= 11 is 0. The van der Waals surface area contributed by atoms with Gasteiger partial charge in [0.15, 0.2) is 0 Å². The Kier molecular flexibility index (Phi) is 3.37. The van der Waals surface area contributed by atoms with E-state index >= 15 is 0 Å². The Morgan fingerprint density at radius 3 is 2.11 bits per heavy atom. The average Bonchev–Trinajstić information content (AvgIpc) is 2.79. The van der Waals surface area contributed by atoms with Crippen molar-refractivity contribution in [2.75, 3.05) is 0 Å². The van der Waals surface area contributed by atoms with Crippen LogP contribution in [0.15, 0.2) is 53.8 Å². The summed E-state index contributed by atoms with van der Waals surface area (Å²) in [6.07, 6.45) is 7.25. The lowest BCUT2D eigenvalue weighted by molar-refractivity contribution is 0.448.